The van der Waals surface area contributed by atoms with Gasteiger partial charge in [0.15, 0.2) is 0 Å². The number of anilines is 1. The highest BCUT2D eigenvalue weighted by Gasteiger charge is 2.34. The summed E-state index contributed by atoms with van der Waals surface area (Å²) in [6.45, 7) is 13.1. The summed E-state index contributed by atoms with van der Waals surface area (Å²) in [7, 11) is 0. The summed E-state index contributed by atoms with van der Waals surface area (Å²) < 4.78 is 0. The number of aliphatic hydroxyl groups is 1. The molecule has 1 saturated heterocycles. The molecule has 2 atom stereocenters. The number of nitrogens with zero attached hydrogens (tertiary/aromatic N) is 4. The molecule has 1 N–H and O–H groups in total. The molecule has 1 aromatic heterocycles. The molecule has 5 heteroatoms. The lowest BCUT2D eigenvalue weighted by molar-refractivity contribution is 0.128. The van der Waals surface area contributed by atoms with Crippen LogP contribution in [-0.2, 0) is 0 Å². The van der Waals surface area contributed by atoms with Crippen LogP contribution in [0.3, 0.4) is 0 Å². The summed E-state index contributed by atoms with van der Waals surface area (Å²) in [5, 5.41) is 10.1. The van der Waals surface area contributed by atoms with Crippen LogP contribution in [0.25, 0.3) is 0 Å². The van der Waals surface area contributed by atoms with E-state index in [2.05, 4.69) is 47.5 Å². The summed E-state index contributed by atoms with van der Waals surface area (Å²) in [5.74, 6) is 1.38. The second-order valence-corrected chi connectivity index (χ2v) is 7.29. The molecular weight excluding hydrogens is 264 g/mol. The quantitative estimate of drug-likeness (QED) is 0.856. The fourth-order valence-corrected chi connectivity index (χ4v) is 3.54. The number of hydrogen-bond donors (Lipinski definition) is 1. The van der Waals surface area contributed by atoms with Crippen molar-refractivity contribution in [2.24, 2.45) is 0 Å². The number of hydrogen-bond acceptors (Lipinski definition) is 5. The van der Waals surface area contributed by atoms with Crippen molar-refractivity contribution in [3.8, 4) is 0 Å². The Balaban J connectivity index is 1.81. The maximum absolute atomic E-state index is 10.1. The molecule has 0 aromatic carbocycles. The minimum atomic E-state index is -0.424. The van der Waals surface area contributed by atoms with E-state index in [-0.39, 0.29) is 5.54 Å². The molecule has 0 unspecified atom stereocenters. The summed E-state index contributed by atoms with van der Waals surface area (Å²) in [6, 6.07) is 0. The van der Waals surface area contributed by atoms with Crippen molar-refractivity contribution in [2.45, 2.75) is 51.7 Å². The smallest absolute Gasteiger partial charge is 0.135 e. The zero-order chi connectivity index (χ0) is 15.2. The van der Waals surface area contributed by atoms with Crippen LogP contribution in [-0.4, -0.2) is 51.7 Å². The van der Waals surface area contributed by atoms with Gasteiger partial charge < -0.3 is 10.0 Å². The van der Waals surface area contributed by atoms with Gasteiger partial charge in [-0.15, -0.1) is 0 Å². The van der Waals surface area contributed by atoms with Crippen molar-refractivity contribution in [3.05, 3.63) is 17.6 Å². The Morgan fingerprint density at radius 3 is 2.43 bits per heavy atom. The van der Waals surface area contributed by atoms with Crippen LogP contribution in [0.15, 0.2) is 6.33 Å². The number of fused-ring (bicyclic) bond motifs is 1. The Kier molecular flexibility index (Phi) is 3.66. The molecule has 2 aliphatic rings. The van der Waals surface area contributed by atoms with Crippen molar-refractivity contribution in [3.63, 3.8) is 0 Å². The fraction of sp³-hybridized carbons (Fsp3) is 0.750. The summed E-state index contributed by atoms with van der Waals surface area (Å²) in [4.78, 5) is 13.7. The van der Waals surface area contributed by atoms with Crippen LogP contribution in [0, 0.1) is 0 Å². The average molecular weight is 290 g/mol. The van der Waals surface area contributed by atoms with E-state index in [1.54, 1.807) is 6.33 Å². The van der Waals surface area contributed by atoms with Crippen LogP contribution in [0.5, 0.6) is 0 Å². The zero-order valence-electron chi connectivity index (χ0n) is 13.5. The van der Waals surface area contributed by atoms with Gasteiger partial charge in [0, 0.05) is 37.3 Å². The maximum Gasteiger partial charge on any atom is 0.135 e. The molecule has 0 radical (unpaired) electrons. The molecule has 1 aromatic rings. The highest BCUT2D eigenvalue weighted by Crippen LogP contribution is 2.42. The second-order valence-electron chi connectivity index (χ2n) is 7.29. The van der Waals surface area contributed by atoms with E-state index in [1.807, 2.05) is 0 Å². The van der Waals surface area contributed by atoms with Crippen molar-refractivity contribution >= 4 is 5.82 Å². The van der Waals surface area contributed by atoms with Gasteiger partial charge in [0.2, 0.25) is 0 Å². The third kappa shape index (κ3) is 2.64. The lowest BCUT2D eigenvalue weighted by Gasteiger charge is -2.43. The van der Waals surface area contributed by atoms with Crippen molar-refractivity contribution < 1.29 is 5.11 Å². The topological polar surface area (TPSA) is 52.5 Å². The van der Waals surface area contributed by atoms with Crippen molar-refractivity contribution in [1.29, 1.82) is 0 Å². The van der Waals surface area contributed by atoms with E-state index in [0.717, 1.165) is 49.7 Å². The van der Waals surface area contributed by atoms with Crippen LogP contribution in [0.2, 0.25) is 0 Å². The SMILES string of the molecule is C[C@@H]1C[C@@H](O)c2ncnc(N3CCN(C(C)(C)C)CC3)c21. The monoisotopic (exact) mass is 290 g/mol. The predicted molar refractivity (Wildman–Crippen MR) is 83.6 cm³/mol. The lowest BCUT2D eigenvalue weighted by Crippen LogP contribution is -2.53. The van der Waals surface area contributed by atoms with Crippen LogP contribution >= 0.6 is 0 Å². The summed E-state index contributed by atoms with van der Waals surface area (Å²) in [5.41, 5.74) is 2.23. The molecular formula is C16H26N4O. The Labute approximate surface area is 127 Å². The molecule has 1 aliphatic heterocycles. The number of piperazine rings is 1. The van der Waals surface area contributed by atoms with Gasteiger partial charge in [0.25, 0.3) is 0 Å². The van der Waals surface area contributed by atoms with E-state index < -0.39 is 6.10 Å². The lowest BCUT2D eigenvalue weighted by atomic mass is 10.0. The predicted octanol–water partition coefficient (Wildman–Crippen LogP) is 1.94. The van der Waals surface area contributed by atoms with Crippen LogP contribution < -0.4 is 4.90 Å². The molecule has 0 saturated carbocycles. The Morgan fingerprint density at radius 2 is 1.81 bits per heavy atom. The van der Waals surface area contributed by atoms with Crippen LogP contribution in [0.1, 0.15) is 57.4 Å². The van der Waals surface area contributed by atoms with Gasteiger partial charge in [0.05, 0.1) is 11.8 Å². The standard InChI is InChI=1S/C16H26N4O/c1-11-9-12(21)14-13(11)15(18-10-17-14)19-5-7-20(8-6-19)16(2,3)4/h10-12,21H,5-9H2,1-4H3/t11-,12-/m1/s1. The second kappa shape index (κ2) is 5.21. The Hall–Kier alpha value is -1.20. The normalized spacial score (nSPS) is 27.0. The molecule has 2 heterocycles. The molecule has 116 valence electrons. The summed E-state index contributed by atoms with van der Waals surface area (Å²) >= 11 is 0. The van der Waals surface area contributed by atoms with E-state index >= 15 is 0 Å². The number of aromatic nitrogens is 2. The Morgan fingerprint density at radius 1 is 1.14 bits per heavy atom. The van der Waals surface area contributed by atoms with Crippen LogP contribution in [0.4, 0.5) is 5.82 Å². The molecule has 3 rings (SSSR count). The first-order valence-corrected chi connectivity index (χ1v) is 7.91. The van der Waals surface area contributed by atoms with Gasteiger partial charge in [0.1, 0.15) is 12.1 Å². The van der Waals surface area contributed by atoms with Gasteiger partial charge in [-0.3, -0.25) is 4.90 Å². The highest BCUT2D eigenvalue weighted by atomic mass is 16.3. The number of aliphatic hydroxyl groups excluding tert-OH is 1. The third-order valence-electron chi connectivity index (χ3n) is 4.81. The first kappa shape index (κ1) is 14.7. The molecule has 0 spiro atoms. The van der Waals surface area contributed by atoms with E-state index in [9.17, 15) is 5.11 Å². The molecule has 21 heavy (non-hydrogen) atoms. The van der Waals surface area contributed by atoms with Gasteiger partial charge in [-0.2, -0.15) is 0 Å². The van der Waals surface area contributed by atoms with Gasteiger partial charge in [-0.25, -0.2) is 9.97 Å². The van der Waals surface area contributed by atoms with E-state index in [1.165, 1.54) is 0 Å². The molecule has 1 aliphatic carbocycles. The molecule has 5 nitrogen and oxygen atoms in total. The molecule has 1 fully saturated rings. The zero-order valence-corrected chi connectivity index (χ0v) is 13.5. The first-order valence-electron chi connectivity index (χ1n) is 7.91. The van der Waals surface area contributed by atoms with Gasteiger partial charge in [-0.1, -0.05) is 6.92 Å². The minimum absolute atomic E-state index is 0.225. The van der Waals surface area contributed by atoms with E-state index in [4.69, 9.17) is 0 Å². The molecule has 0 bridgehead atoms. The summed E-state index contributed by atoms with van der Waals surface area (Å²) in [6.07, 6.45) is 1.95. The van der Waals surface area contributed by atoms with Crippen molar-refractivity contribution in [2.75, 3.05) is 31.1 Å². The highest BCUT2D eigenvalue weighted by molar-refractivity contribution is 5.53. The van der Waals surface area contributed by atoms with Gasteiger partial charge >= 0.3 is 0 Å². The fourth-order valence-electron chi connectivity index (χ4n) is 3.54. The van der Waals surface area contributed by atoms with E-state index in [0.29, 0.717) is 5.92 Å². The maximum atomic E-state index is 10.1. The third-order valence-corrected chi connectivity index (χ3v) is 4.81. The largest absolute Gasteiger partial charge is 0.387 e. The first-order chi connectivity index (χ1) is 9.88. The minimum Gasteiger partial charge on any atom is -0.387 e. The molecule has 0 amide bonds. The van der Waals surface area contributed by atoms with Gasteiger partial charge in [-0.05, 0) is 33.1 Å². The van der Waals surface area contributed by atoms with Crippen molar-refractivity contribution in [1.82, 2.24) is 14.9 Å². The Bertz CT molecular complexity index is 517. The number of rotatable bonds is 1. The average Bonchev–Trinajstić information content (AvgIpc) is 2.73.